The van der Waals surface area contributed by atoms with Gasteiger partial charge in [0.1, 0.15) is 0 Å². The minimum absolute atomic E-state index is 0.434. The Labute approximate surface area is 299 Å². The predicted molar refractivity (Wildman–Crippen MR) is 214 cm³/mol. The number of rotatable bonds is 4. The van der Waals surface area contributed by atoms with Crippen molar-refractivity contribution >= 4 is 39.5 Å². The molecule has 1 spiro atoms. The zero-order valence-electron chi connectivity index (χ0n) is 28.4. The Hall–Kier alpha value is -6.44. The van der Waals surface area contributed by atoms with Crippen LogP contribution in [0.4, 0.5) is 17.1 Å². The van der Waals surface area contributed by atoms with Gasteiger partial charge in [-0.3, -0.25) is 0 Å². The number of nitrogens with zero attached hydrogens (tertiary/aromatic N) is 1. The van der Waals surface area contributed by atoms with Crippen molar-refractivity contribution in [1.29, 1.82) is 0 Å². The van der Waals surface area contributed by atoms with Gasteiger partial charge in [-0.15, -0.1) is 0 Å². The highest BCUT2D eigenvalue weighted by Gasteiger charge is 2.48. The van der Waals surface area contributed by atoms with Crippen molar-refractivity contribution < 1.29 is 0 Å². The van der Waals surface area contributed by atoms with Gasteiger partial charge in [0.15, 0.2) is 0 Å². The normalized spacial score (nSPS) is 13.5. The van der Waals surface area contributed by atoms with E-state index in [2.05, 4.69) is 206 Å². The first-order valence-corrected chi connectivity index (χ1v) is 17.8. The number of benzene rings is 8. The zero-order chi connectivity index (χ0) is 33.9. The van der Waals surface area contributed by atoms with Crippen LogP contribution in [0.1, 0.15) is 44.5 Å². The topological polar surface area (TPSA) is 3.24 Å². The molecule has 0 heterocycles. The summed E-state index contributed by atoms with van der Waals surface area (Å²) in [4.78, 5) is 2.36. The zero-order valence-corrected chi connectivity index (χ0v) is 28.4. The highest BCUT2D eigenvalue weighted by atomic mass is 15.1. The van der Waals surface area contributed by atoms with Gasteiger partial charge in [-0.1, -0.05) is 157 Å². The number of anilines is 3. The van der Waals surface area contributed by atoms with Gasteiger partial charge in [-0.2, -0.15) is 0 Å². The molecule has 2 aliphatic carbocycles. The Kier molecular flexibility index (Phi) is 6.69. The van der Waals surface area contributed by atoms with Gasteiger partial charge in [0, 0.05) is 17.1 Å². The van der Waals surface area contributed by atoms with Crippen LogP contribution in [0.5, 0.6) is 0 Å². The van der Waals surface area contributed by atoms with Crippen molar-refractivity contribution in [3.05, 3.63) is 233 Å². The minimum atomic E-state index is -0.434. The van der Waals surface area contributed by atoms with E-state index in [0.29, 0.717) is 0 Å². The minimum Gasteiger partial charge on any atom is -0.310 e. The molecule has 1 nitrogen and oxygen atoms in total. The molecule has 10 rings (SSSR count). The molecule has 51 heavy (non-hydrogen) atoms. The molecular weight excluding hydrogens is 615 g/mol. The second kappa shape index (κ2) is 11.6. The first-order chi connectivity index (χ1) is 25.2. The van der Waals surface area contributed by atoms with Crippen molar-refractivity contribution in [2.24, 2.45) is 0 Å². The van der Waals surface area contributed by atoms with Gasteiger partial charge in [-0.25, -0.2) is 0 Å². The standard InChI is InChI=1S/C50H35N/c1-34-22-27-39(28-23-34)51(41-31-24-35-12-2-3-13-37(35)32-41)40-29-25-36(26-30-40)45-33-38-14-4-8-18-46(38)50(49-21-11-7-17-44(45)49)47-19-9-5-15-42(47)43-16-6-10-20-48(43)50/h2-33H,1H3. The summed E-state index contributed by atoms with van der Waals surface area (Å²) in [6.07, 6.45) is 2.42. The Morgan fingerprint density at radius 1 is 0.392 bits per heavy atom. The van der Waals surface area contributed by atoms with Crippen molar-refractivity contribution in [3.8, 4) is 11.1 Å². The summed E-state index contributed by atoms with van der Waals surface area (Å²) < 4.78 is 0. The molecule has 0 aliphatic heterocycles. The third kappa shape index (κ3) is 4.48. The summed E-state index contributed by atoms with van der Waals surface area (Å²) in [7, 11) is 0. The summed E-state index contributed by atoms with van der Waals surface area (Å²) in [6.45, 7) is 2.14. The smallest absolute Gasteiger partial charge is 0.0725 e. The van der Waals surface area contributed by atoms with Crippen LogP contribution in [0.2, 0.25) is 0 Å². The van der Waals surface area contributed by atoms with Crippen LogP contribution in [-0.4, -0.2) is 0 Å². The number of aryl methyl sites for hydroxylation is 1. The molecule has 240 valence electrons. The van der Waals surface area contributed by atoms with Crippen molar-refractivity contribution in [2.45, 2.75) is 12.3 Å². The number of hydrogen-bond acceptors (Lipinski definition) is 1. The van der Waals surface area contributed by atoms with Crippen LogP contribution >= 0.6 is 0 Å². The molecule has 0 atom stereocenters. The fraction of sp³-hybridized carbons (Fsp3) is 0.0400. The van der Waals surface area contributed by atoms with E-state index in [1.54, 1.807) is 0 Å². The lowest BCUT2D eigenvalue weighted by Crippen LogP contribution is -2.30. The first kappa shape index (κ1) is 29.5. The Bertz CT molecular complexity index is 2600. The van der Waals surface area contributed by atoms with E-state index >= 15 is 0 Å². The molecule has 0 saturated carbocycles. The second-order valence-electron chi connectivity index (χ2n) is 13.8. The van der Waals surface area contributed by atoms with Gasteiger partial charge < -0.3 is 4.90 Å². The van der Waals surface area contributed by atoms with Crippen LogP contribution in [0, 0.1) is 6.92 Å². The van der Waals surface area contributed by atoms with Crippen molar-refractivity contribution in [3.63, 3.8) is 0 Å². The van der Waals surface area contributed by atoms with Gasteiger partial charge in [0.2, 0.25) is 0 Å². The highest BCUT2D eigenvalue weighted by Crippen LogP contribution is 2.59. The summed E-state index contributed by atoms with van der Waals surface area (Å²) in [6, 6.07) is 69.4. The van der Waals surface area contributed by atoms with Crippen LogP contribution in [0.25, 0.3) is 33.5 Å². The number of fused-ring (bicyclic) bond motifs is 10. The third-order valence-corrected chi connectivity index (χ3v) is 11.0. The second-order valence-corrected chi connectivity index (χ2v) is 13.8. The summed E-state index contributed by atoms with van der Waals surface area (Å²) in [5.74, 6) is 0. The Morgan fingerprint density at radius 3 is 1.55 bits per heavy atom. The van der Waals surface area contributed by atoms with Gasteiger partial charge in [0.05, 0.1) is 5.41 Å². The van der Waals surface area contributed by atoms with Gasteiger partial charge in [-0.05, 0) is 116 Å². The monoisotopic (exact) mass is 649 g/mol. The Balaban J connectivity index is 1.16. The molecule has 1 heteroatoms. The lowest BCUT2D eigenvalue weighted by atomic mass is 9.66. The number of hydrogen-bond donors (Lipinski definition) is 0. The van der Waals surface area contributed by atoms with E-state index in [1.165, 1.54) is 72.0 Å². The highest BCUT2D eigenvalue weighted by molar-refractivity contribution is 5.99. The first-order valence-electron chi connectivity index (χ1n) is 17.8. The maximum atomic E-state index is 2.42. The maximum absolute atomic E-state index is 2.42. The van der Waals surface area contributed by atoms with Crippen LogP contribution in [0.15, 0.2) is 188 Å². The van der Waals surface area contributed by atoms with E-state index in [1.807, 2.05) is 0 Å². The molecule has 0 N–H and O–H groups in total. The van der Waals surface area contributed by atoms with E-state index < -0.39 is 5.41 Å². The molecule has 0 saturated heterocycles. The van der Waals surface area contributed by atoms with E-state index in [9.17, 15) is 0 Å². The van der Waals surface area contributed by atoms with Crippen LogP contribution in [-0.2, 0) is 5.41 Å². The van der Waals surface area contributed by atoms with E-state index in [-0.39, 0.29) is 0 Å². The Morgan fingerprint density at radius 2 is 0.882 bits per heavy atom. The van der Waals surface area contributed by atoms with Gasteiger partial charge in [0.25, 0.3) is 0 Å². The molecule has 2 aliphatic rings. The third-order valence-electron chi connectivity index (χ3n) is 11.0. The molecule has 0 amide bonds. The lowest BCUT2D eigenvalue weighted by Gasteiger charge is -2.35. The molecule has 0 fully saturated rings. The molecule has 0 bridgehead atoms. The molecule has 0 radical (unpaired) electrons. The largest absolute Gasteiger partial charge is 0.310 e. The molecule has 0 aromatic heterocycles. The van der Waals surface area contributed by atoms with Crippen LogP contribution in [0.3, 0.4) is 0 Å². The summed E-state index contributed by atoms with van der Waals surface area (Å²) in [5, 5.41) is 2.47. The molecular formula is C50H35N. The van der Waals surface area contributed by atoms with E-state index in [0.717, 1.165) is 17.1 Å². The fourth-order valence-electron chi connectivity index (χ4n) is 8.69. The SMILES string of the molecule is Cc1ccc(N(c2ccc(C3=Cc4ccccc4C4(c5ccccc53)c3ccccc3-c3ccccc34)cc2)c2ccc3ccccc3c2)cc1. The summed E-state index contributed by atoms with van der Waals surface area (Å²) in [5.41, 5.74) is 17.1. The van der Waals surface area contributed by atoms with Crippen molar-refractivity contribution in [2.75, 3.05) is 4.90 Å². The average molecular weight is 650 g/mol. The summed E-state index contributed by atoms with van der Waals surface area (Å²) >= 11 is 0. The average Bonchev–Trinajstić information content (AvgIpc) is 3.41. The lowest BCUT2D eigenvalue weighted by molar-refractivity contribution is 0.766. The fourth-order valence-corrected chi connectivity index (χ4v) is 8.69. The molecule has 0 unspecified atom stereocenters. The predicted octanol–water partition coefficient (Wildman–Crippen LogP) is 12.9. The van der Waals surface area contributed by atoms with Crippen LogP contribution < -0.4 is 4.90 Å². The molecule has 8 aromatic rings. The van der Waals surface area contributed by atoms with Crippen molar-refractivity contribution in [1.82, 2.24) is 0 Å². The maximum Gasteiger partial charge on any atom is 0.0725 e. The van der Waals surface area contributed by atoms with Gasteiger partial charge >= 0.3 is 0 Å². The van der Waals surface area contributed by atoms with E-state index in [4.69, 9.17) is 0 Å². The molecule has 8 aromatic carbocycles. The quantitative estimate of drug-likeness (QED) is 0.183.